The first-order chi connectivity index (χ1) is 10.8. The first kappa shape index (κ1) is 15.3. The number of ether oxygens (including phenoxy) is 2. The second-order valence-corrected chi connectivity index (χ2v) is 6.27. The molecule has 0 bridgehead atoms. The first-order valence-corrected chi connectivity index (χ1v) is 8.37. The van der Waals surface area contributed by atoms with Crippen molar-refractivity contribution in [3.8, 4) is 5.75 Å². The molecule has 2 aliphatic rings. The van der Waals surface area contributed by atoms with Crippen LogP contribution in [0.2, 0.25) is 0 Å². The van der Waals surface area contributed by atoms with Crippen LogP contribution in [0.4, 0.5) is 0 Å². The molecule has 1 saturated carbocycles. The number of carbonyl (C=O) groups is 1. The molecule has 0 unspecified atom stereocenters. The Kier molecular flexibility index (Phi) is 4.98. The van der Waals surface area contributed by atoms with E-state index in [4.69, 9.17) is 9.47 Å². The van der Waals surface area contributed by atoms with E-state index in [1.807, 2.05) is 12.1 Å². The Bertz CT molecular complexity index is 511. The standard InChI is InChI=1S/C18H25NO3/c1-21-15-8-6-7-14(13-15)18(20)22-17-10-3-2-9-16(17)19-11-4-5-12-19/h6-8,13,16-17H,2-5,9-12H2,1H3/t16-,17-/m1/s1. The third-order valence-corrected chi connectivity index (χ3v) is 4.84. The summed E-state index contributed by atoms with van der Waals surface area (Å²) >= 11 is 0. The quantitative estimate of drug-likeness (QED) is 0.800. The van der Waals surface area contributed by atoms with Gasteiger partial charge in [-0.15, -0.1) is 0 Å². The summed E-state index contributed by atoms with van der Waals surface area (Å²) < 4.78 is 11.0. The van der Waals surface area contributed by atoms with Crippen LogP contribution in [0.1, 0.15) is 48.9 Å². The van der Waals surface area contributed by atoms with Gasteiger partial charge in [0.05, 0.1) is 12.7 Å². The summed E-state index contributed by atoms with van der Waals surface area (Å²) in [6.45, 7) is 2.30. The minimum Gasteiger partial charge on any atom is -0.497 e. The number of hydrogen-bond acceptors (Lipinski definition) is 4. The van der Waals surface area contributed by atoms with E-state index in [0.717, 1.165) is 32.4 Å². The van der Waals surface area contributed by atoms with Crippen LogP contribution in [-0.2, 0) is 4.74 Å². The Balaban J connectivity index is 1.67. The lowest BCUT2D eigenvalue weighted by molar-refractivity contribution is -0.0126. The molecule has 1 aliphatic carbocycles. The van der Waals surface area contributed by atoms with E-state index in [1.165, 1.54) is 19.3 Å². The molecule has 1 aliphatic heterocycles. The Morgan fingerprint density at radius 3 is 2.68 bits per heavy atom. The number of hydrogen-bond donors (Lipinski definition) is 0. The van der Waals surface area contributed by atoms with Gasteiger partial charge in [0.2, 0.25) is 0 Å². The zero-order valence-electron chi connectivity index (χ0n) is 13.3. The summed E-state index contributed by atoms with van der Waals surface area (Å²) in [6.07, 6.45) is 7.10. The highest BCUT2D eigenvalue weighted by molar-refractivity contribution is 5.90. The Labute approximate surface area is 132 Å². The maximum absolute atomic E-state index is 12.4. The second kappa shape index (κ2) is 7.14. The summed E-state index contributed by atoms with van der Waals surface area (Å²) in [6, 6.07) is 7.61. The van der Waals surface area contributed by atoms with Gasteiger partial charge in [-0.2, -0.15) is 0 Å². The number of benzene rings is 1. The van der Waals surface area contributed by atoms with Gasteiger partial charge in [0.25, 0.3) is 0 Å². The molecular formula is C18H25NO3. The highest BCUT2D eigenvalue weighted by atomic mass is 16.5. The number of nitrogens with zero attached hydrogens (tertiary/aromatic N) is 1. The molecule has 22 heavy (non-hydrogen) atoms. The van der Waals surface area contributed by atoms with Gasteiger partial charge in [-0.25, -0.2) is 4.79 Å². The minimum atomic E-state index is -0.227. The van der Waals surface area contributed by atoms with Crippen molar-refractivity contribution in [3.63, 3.8) is 0 Å². The summed E-state index contributed by atoms with van der Waals surface area (Å²) in [4.78, 5) is 15.0. The first-order valence-electron chi connectivity index (χ1n) is 8.37. The van der Waals surface area contributed by atoms with Gasteiger partial charge in [0.15, 0.2) is 0 Å². The second-order valence-electron chi connectivity index (χ2n) is 6.27. The van der Waals surface area contributed by atoms with Gasteiger partial charge < -0.3 is 9.47 Å². The molecule has 0 N–H and O–H groups in total. The number of carbonyl (C=O) groups excluding carboxylic acids is 1. The maximum atomic E-state index is 12.4. The molecule has 2 fully saturated rings. The van der Waals surface area contributed by atoms with Crippen LogP contribution < -0.4 is 4.74 Å². The Morgan fingerprint density at radius 2 is 1.91 bits per heavy atom. The summed E-state index contributed by atoms with van der Waals surface area (Å²) in [5.74, 6) is 0.462. The molecule has 3 rings (SSSR count). The van der Waals surface area contributed by atoms with Crippen LogP contribution >= 0.6 is 0 Å². The number of esters is 1. The highest BCUT2D eigenvalue weighted by Crippen LogP contribution is 2.29. The maximum Gasteiger partial charge on any atom is 0.338 e. The third kappa shape index (κ3) is 3.43. The number of likely N-dealkylation sites (tertiary alicyclic amines) is 1. The van der Waals surface area contributed by atoms with E-state index < -0.39 is 0 Å². The van der Waals surface area contributed by atoms with Crippen molar-refractivity contribution < 1.29 is 14.3 Å². The van der Waals surface area contributed by atoms with Gasteiger partial charge in [-0.05, 0) is 63.4 Å². The summed E-state index contributed by atoms with van der Waals surface area (Å²) in [5, 5.41) is 0. The third-order valence-electron chi connectivity index (χ3n) is 4.84. The van der Waals surface area contributed by atoms with Crippen LogP contribution in [0.25, 0.3) is 0 Å². The molecule has 0 spiro atoms. The Morgan fingerprint density at radius 1 is 1.14 bits per heavy atom. The smallest absolute Gasteiger partial charge is 0.338 e. The van der Waals surface area contributed by atoms with Crippen molar-refractivity contribution in [2.24, 2.45) is 0 Å². The van der Waals surface area contributed by atoms with E-state index in [1.54, 1.807) is 19.2 Å². The molecule has 0 aromatic heterocycles. The zero-order valence-corrected chi connectivity index (χ0v) is 13.3. The molecule has 0 radical (unpaired) electrons. The van der Waals surface area contributed by atoms with E-state index in [9.17, 15) is 4.79 Å². The van der Waals surface area contributed by atoms with E-state index in [0.29, 0.717) is 17.4 Å². The van der Waals surface area contributed by atoms with Gasteiger partial charge in [-0.3, -0.25) is 4.90 Å². The molecule has 1 aromatic carbocycles. The van der Waals surface area contributed by atoms with Crippen LogP contribution in [0.3, 0.4) is 0 Å². The molecule has 0 amide bonds. The van der Waals surface area contributed by atoms with Crippen LogP contribution in [-0.4, -0.2) is 43.2 Å². The molecule has 1 saturated heterocycles. The van der Waals surface area contributed by atoms with Crippen molar-refractivity contribution >= 4 is 5.97 Å². The van der Waals surface area contributed by atoms with Crippen LogP contribution in [0.5, 0.6) is 5.75 Å². The lowest BCUT2D eigenvalue weighted by Crippen LogP contribution is -2.46. The monoisotopic (exact) mass is 303 g/mol. The van der Waals surface area contributed by atoms with Gasteiger partial charge in [0, 0.05) is 6.04 Å². The predicted octanol–water partition coefficient (Wildman–Crippen LogP) is 3.26. The van der Waals surface area contributed by atoms with Crippen LogP contribution in [0.15, 0.2) is 24.3 Å². The molecule has 4 nitrogen and oxygen atoms in total. The normalized spacial score (nSPS) is 25.9. The molecule has 4 heteroatoms. The number of rotatable bonds is 4. The molecule has 1 aromatic rings. The zero-order chi connectivity index (χ0) is 15.4. The fourth-order valence-electron chi connectivity index (χ4n) is 3.66. The Hall–Kier alpha value is -1.55. The van der Waals surface area contributed by atoms with Crippen molar-refractivity contribution in [1.82, 2.24) is 4.90 Å². The minimum absolute atomic E-state index is 0.0329. The van der Waals surface area contributed by atoms with E-state index in [2.05, 4.69) is 4.90 Å². The topological polar surface area (TPSA) is 38.8 Å². The van der Waals surface area contributed by atoms with E-state index in [-0.39, 0.29) is 12.1 Å². The largest absolute Gasteiger partial charge is 0.497 e. The van der Waals surface area contributed by atoms with Crippen LogP contribution in [0, 0.1) is 0 Å². The summed E-state index contributed by atoms with van der Waals surface area (Å²) in [7, 11) is 1.61. The fraction of sp³-hybridized carbons (Fsp3) is 0.611. The predicted molar refractivity (Wildman–Crippen MR) is 85.3 cm³/mol. The van der Waals surface area contributed by atoms with Crippen molar-refractivity contribution in [3.05, 3.63) is 29.8 Å². The highest BCUT2D eigenvalue weighted by Gasteiger charge is 2.34. The molecular weight excluding hydrogens is 278 g/mol. The summed E-state index contributed by atoms with van der Waals surface area (Å²) in [5.41, 5.74) is 0.574. The molecule has 1 heterocycles. The van der Waals surface area contributed by atoms with Crippen molar-refractivity contribution in [2.75, 3.05) is 20.2 Å². The lowest BCUT2D eigenvalue weighted by atomic mass is 9.91. The average molecular weight is 303 g/mol. The lowest BCUT2D eigenvalue weighted by Gasteiger charge is -2.37. The fourth-order valence-corrected chi connectivity index (χ4v) is 3.66. The van der Waals surface area contributed by atoms with Gasteiger partial charge in [-0.1, -0.05) is 12.5 Å². The van der Waals surface area contributed by atoms with E-state index >= 15 is 0 Å². The average Bonchev–Trinajstić information content (AvgIpc) is 3.09. The SMILES string of the molecule is COc1cccc(C(=O)O[C@@H]2CCCC[C@H]2N2CCCC2)c1. The van der Waals surface area contributed by atoms with Gasteiger partial charge in [0.1, 0.15) is 11.9 Å². The molecule has 2 atom stereocenters. The van der Waals surface area contributed by atoms with Crippen molar-refractivity contribution in [1.29, 1.82) is 0 Å². The van der Waals surface area contributed by atoms with Crippen molar-refractivity contribution in [2.45, 2.75) is 50.7 Å². The number of methoxy groups -OCH3 is 1. The molecule has 120 valence electrons. The van der Waals surface area contributed by atoms with Gasteiger partial charge >= 0.3 is 5.97 Å².